The number of carboxylic acid groups (broad SMARTS) is 1. The minimum Gasteiger partial charge on any atom is -0.496 e. The summed E-state index contributed by atoms with van der Waals surface area (Å²) >= 11 is 0. The molecule has 2 rings (SSSR count). The highest BCUT2D eigenvalue weighted by atomic mass is 16.5. The Hall–Kier alpha value is -1.95. The molecule has 0 aromatic heterocycles. The van der Waals surface area contributed by atoms with Crippen LogP contribution in [0.15, 0.2) is 12.1 Å². The van der Waals surface area contributed by atoms with Crippen LogP contribution in [0.5, 0.6) is 17.2 Å². The first-order valence-electron chi connectivity index (χ1n) is 5.59. The van der Waals surface area contributed by atoms with Crippen LogP contribution in [0.3, 0.4) is 0 Å². The van der Waals surface area contributed by atoms with Gasteiger partial charge in [0.1, 0.15) is 11.8 Å². The Labute approximate surface area is 104 Å². The lowest BCUT2D eigenvalue weighted by Gasteiger charge is -2.16. The zero-order valence-corrected chi connectivity index (χ0v) is 10.0. The number of rotatable bonds is 3. The molecule has 0 unspecified atom stereocenters. The second kappa shape index (κ2) is 5.14. The molecule has 18 heavy (non-hydrogen) atoms. The molecule has 0 radical (unpaired) electrons. The number of hydrogen-bond acceptors (Lipinski definition) is 5. The molecule has 0 fully saturated rings. The van der Waals surface area contributed by atoms with E-state index < -0.39 is 12.0 Å². The highest BCUT2D eigenvalue weighted by Crippen LogP contribution is 2.38. The fourth-order valence-electron chi connectivity index (χ4n) is 1.76. The second-order valence-corrected chi connectivity index (χ2v) is 3.91. The maximum atomic E-state index is 11.0. The van der Waals surface area contributed by atoms with Crippen molar-refractivity contribution < 1.29 is 24.1 Å². The third-order valence-corrected chi connectivity index (χ3v) is 2.70. The Balaban J connectivity index is 2.46. The van der Waals surface area contributed by atoms with Gasteiger partial charge >= 0.3 is 5.97 Å². The zero-order valence-electron chi connectivity index (χ0n) is 10.0. The minimum atomic E-state index is -1.16. The monoisotopic (exact) mass is 253 g/mol. The predicted molar refractivity (Wildman–Crippen MR) is 63.2 cm³/mol. The summed E-state index contributed by atoms with van der Waals surface area (Å²) < 4.78 is 16.1. The molecule has 1 heterocycles. The highest BCUT2D eigenvalue weighted by Gasteiger charge is 2.23. The molecule has 6 heteroatoms. The van der Waals surface area contributed by atoms with Gasteiger partial charge in [0.2, 0.25) is 0 Å². The van der Waals surface area contributed by atoms with Gasteiger partial charge in [-0.15, -0.1) is 0 Å². The summed E-state index contributed by atoms with van der Waals surface area (Å²) in [6.07, 6.45) is 0.775. The Morgan fingerprint density at radius 1 is 1.39 bits per heavy atom. The predicted octanol–water partition coefficient (Wildman–Crippen LogP) is 0.941. The number of nitrogens with two attached hydrogens (primary N) is 1. The minimum absolute atomic E-state index is 0.370. The largest absolute Gasteiger partial charge is 0.496 e. The lowest BCUT2D eigenvalue weighted by Crippen LogP contribution is -2.21. The summed E-state index contributed by atoms with van der Waals surface area (Å²) in [4.78, 5) is 11.0. The molecule has 0 spiro atoms. The van der Waals surface area contributed by atoms with E-state index in [1.807, 2.05) is 0 Å². The number of benzene rings is 1. The van der Waals surface area contributed by atoms with Crippen LogP contribution in [0.1, 0.15) is 18.0 Å². The summed E-state index contributed by atoms with van der Waals surface area (Å²) in [5.74, 6) is 0.308. The molecule has 0 amide bonds. The molecule has 0 bridgehead atoms. The van der Waals surface area contributed by atoms with Gasteiger partial charge in [-0.3, -0.25) is 4.79 Å². The van der Waals surface area contributed by atoms with Crippen molar-refractivity contribution in [2.75, 3.05) is 20.3 Å². The Kier molecular flexibility index (Phi) is 3.57. The SMILES string of the molecule is COc1cc2c(cc1[C@H](N)C(=O)O)OCCCO2. The molecule has 1 aromatic carbocycles. The van der Waals surface area contributed by atoms with E-state index in [-0.39, 0.29) is 0 Å². The van der Waals surface area contributed by atoms with E-state index in [9.17, 15) is 4.79 Å². The first-order chi connectivity index (χ1) is 8.63. The summed E-state index contributed by atoms with van der Waals surface area (Å²) in [6, 6.07) is 2.02. The first kappa shape index (κ1) is 12.5. The average molecular weight is 253 g/mol. The number of methoxy groups -OCH3 is 1. The van der Waals surface area contributed by atoms with Crippen molar-refractivity contribution in [2.24, 2.45) is 5.73 Å². The van der Waals surface area contributed by atoms with Crippen molar-refractivity contribution in [3.8, 4) is 17.2 Å². The molecular weight excluding hydrogens is 238 g/mol. The number of carboxylic acids is 1. The Morgan fingerprint density at radius 3 is 2.56 bits per heavy atom. The number of fused-ring (bicyclic) bond motifs is 1. The molecule has 0 aliphatic carbocycles. The van der Waals surface area contributed by atoms with Crippen LogP contribution in [-0.4, -0.2) is 31.4 Å². The maximum Gasteiger partial charge on any atom is 0.325 e. The fourth-order valence-corrected chi connectivity index (χ4v) is 1.76. The quantitative estimate of drug-likeness (QED) is 0.833. The topological polar surface area (TPSA) is 91.0 Å². The van der Waals surface area contributed by atoms with Crippen LogP contribution in [-0.2, 0) is 4.79 Å². The molecule has 98 valence electrons. The van der Waals surface area contributed by atoms with Crippen molar-refractivity contribution >= 4 is 5.97 Å². The highest BCUT2D eigenvalue weighted by molar-refractivity contribution is 5.77. The third kappa shape index (κ3) is 2.33. The van der Waals surface area contributed by atoms with Crippen molar-refractivity contribution in [3.05, 3.63) is 17.7 Å². The lowest BCUT2D eigenvalue weighted by atomic mass is 10.1. The van der Waals surface area contributed by atoms with Crippen LogP contribution in [0.25, 0.3) is 0 Å². The van der Waals surface area contributed by atoms with Gasteiger partial charge in [-0.1, -0.05) is 0 Å². The normalized spacial score (nSPS) is 15.7. The van der Waals surface area contributed by atoms with Crippen LogP contribution in [0, 0.1) is 0 Å². The van der Waals surface area contributed by atoms with E-state index >= 15 is 0 Å². The summed E-state index contributed by atoms with van der Waals surface area (Å²) in [6.45, 7) is 1.08. The van der Waals surface area contributed by atoms with Crippen LogP contribution >= 0.6 is 0 Å². The van der Waals surface area contributed by atoms with Crippen molar-refractivity contribution in [1.82, 2.24) is 0 Å². The van der Waals surface area contributed by atoms with E-state index in [1.165, 1.54) is 7.11 Å². The summed E-state index contributed by atoms with van der Waals surface area (Å²) in [7, 11) is 1.46. The lowest BCUT2D eigenvalue weighted by molar-refractivity contribution is -0.138. The van der Waals surface area contributed by atoms with E-state index in [2.05, 4.69) is 0 Å². The first-order valence-corrected chi connectivity index (χ1v) is 5.59. The zero-order chi connectivity index (χ0) is 13.1. The third-order valence-electron chi connectivity index (χ3n) is 2.70. The van der Waals surface area contributed by atoms with E-state index in [1.54, 1.807) is 12.1 Å². The average Bonchev–Trinajstić information content (AvgIpc) is 2.60. The standard InChI is InChI=1S/C12H15NO5/c1-16-8-6-10-9(17-3-2-4-18-10)5-7(8)11(13)12(14)15/h5-6,11H,2-4,13H2,1H3,(H,14,15)/t11-/m0/s1. The van der Waals surface area contributed by atoms with Crippen molar-refractivity contribution in [1.29, 1.82) is 0 Å². The van der Waals surface area contributed by atoms with Gasteiger partial charge in [0.15, 0.2) is 11.5 Å². The van der Waals surface area contributed by atoms with Crippen molar-refractivity contribution in [3.63, 3.8) is 0 Å². The van der Waals surface area contributed by atoms with Gasteiger partial charge in [-0.05, 0) is 6.07 Å². The van der Waals surface area contributed by atoms with Crippen LogP contribution < -0.4 is 19.9 Å². The molecule has 1 atom stereocenters. The van der Waals surface area contributed by atoms with Gasteiger partial charge in [-0.25, -0.2) is 0 Å². The molecule has 1 aliphatic heterocycles. The van der Waals surface area contributed by atoms with Crippen LogP contribution in [0.2, 0.25) is 0 Å². The van der Waals surface area contributed by atoms with Gasteiger partial charge in [0, 0.05) is 18.1 Å². The molecule has 3 N–H and O–H groups in total. The molecule has 6 nitrogen and oxygen atoms in total. The molecule has 1 aliphatic rings. The molecule has 0 saturated heterocycles. The van der Waals surface area contributed by atoms with Gasteiger partial charge in [0.25, 0.3) is 0 Å². The van der Waals surface area contributed by atoms with Crippen molar-refractivity contribution in [2.45, 2.75) is 12.5 Å². The van der Waals surface area contributed by atoms with Gasteiger partial charge in [0.05, 0.1) is 20.3 Å². The van der Waals surface area contributed by atoms with Gasteiger partial charge < -0.3 is 25.1 Å². The Morgan fingerprint density at radius 2 is 2.00 bits per heavy atom. The van der Waals surface area contributed by atoms with E-state index in [4.69, 9.17) is 25.1 Å². The van der Waals surface area contributed by atoms with E-state index in [0.29, 0.717) is 36.0 Å². The summed E-state index contributed by atoms with van der Waals surface area (Å²) in [5.41, 5.74) is 5.98. The van der Waals surface area contributed by atoms with E-state index in [0.717, 1.165) is 6.42 Å². The number of ether oxygens (including phenoxy) is 3. The number of aliphatic carboxylic acids is 1. The summed E-state index contributed by atoms with van der Waals surface area (Å²) in [5, 5.41) is 8.96. The second-order valence-electron chi connectivity index (χ2n) is 3.91. The van der Waals surface area contributed by atoms with Gasteiger partial charge in [-0.2, -0.15) is 0 Å². The molecule has 1 aromatic rings. The molecule has 0 saturated carbocycles. The smallest absolute Gasteiger partial charge is 0.325 e. The fraction of sp³-hybridized carbons (Fsp3) is 0.417. The van der Waals surface area contributed by atoms with Crippen LogP contribution in [0.4, 0.5) is 0 Å². The number of carbonyl (C=O) groups is 1. The number of hydrogen-bond donors (Lipinski definition) is 2. The Bertz CT molecular complexity index is 460. The molecular formula is C12H15NO5. The maximum absolute atomic E-state index is 11.0.